The summed E-state index contributed by atoms with van der Waals surface area (Å²) in [5.74, 6) is 0.243. The lowest BCUT2D eigenvalue weighted by atomic mass is 9.91. The van der Waals surface area contributed by atoms with Gasteiger partial charge in [-0.25, -0.2) is 0 Å². The number of carbonyl (C=O) groups is 1. The van der Waals surface area contributed by atoms with E-state index in [9.17, 15) is 14.9 Å². The van der Waals surface area contributed by atoms with Crippen molar-refractivity contribution >= 4 is 5.97 Å². The topological polar surface area (TPSA) is 69.4 Å². The Morgan fingerprint density at radius 3 is 2.50 bits per heavy atom. The molecule has 0 aromatic heterocycles. The first-order valence-corrected chi connectivity index (χ1v) is 5.73. The van der Waals surface area contributed by atoms with Crippen LogP contribution in [-0.2, 0) is 9.53 Å². The summed E-state index contributed by atoms with van der Waals surface area (Å²) < 4.78 is 4.85. The number of carbonyl (C=O) groups excluding carboxylic acids is 1. The second kappa shape index (κ2) is 8.07. The van der Waals surface area contributed by atoms with Crippen molar-refractivity contribution in [1.29, 1.82) is 0 Å². The minimum absolute atomic E-state index is 0.0597. The third-order valence-electron chi connectivity index (χ3n) is 2.29. The summed E-state index contributed by atoms with van der Waals surface area (Å²) in [5, 5.41) is 10.3. The van der Waals surface area contributed by atoms with Crippen LogP contribution in [0.25, 0.3) is 0 Å². The van der Waals surface area contributed by atoms with Gasteiger partial charge in [-0.2, -0.15) is 0 Å². The molecule has 0 saturated heterocycles. The van der Waals surface area contributed by atoms with E-state index in [0.717, 1.165) is 6.42 Å². The molecule has 0 aliphatic carbocycles. The minimum atomic E-state index is -0.335. The maximum atomic E-state index is 11.3. The van der Waals surface area contributed by atoms with Crippen molar-refractivity contribution in [3.63, 3.8) is 0 Å². The molecule has 0 heterocycles. The molecule has 1 unspecified atom stereocenters. The average Bonchev–Trinajstić information content (AvgIpc) is 2.13. The molecule has 5 nitrogen and oxygen atoms in total. The van der Waals surface area contributed by atoms with Crippen LogP contribution in [-0.4, -0.2) is 24.0 Å². The lowest BCUT2D eigenvalue weighted by Gasteiger charge is -2.16. The van der Waals surface area contributed by atoms with Crippen LogP contribution in [0.4, 0.5) is 0 Å². The van der Waals surface area contributed by atoms with Crippen LogP contribution in [0.1, 0.15) is 40.0 Å². The standard InChI is InChI=1S/C11H21NO4/c1-4-16-11(13)8-10(7-9(2)3)5-6-12(14)15/h9-10H,4-8H2,1-3H3. The van der Waals surface area contributed by atoms with Crippen LogP contribution < -0.4 is 0 Å². The van der Waals surface area contributed by atoms with E-state index in [1.165, 1.54) is 0 Å². The van der Waals surface area contributed by atoms with E-state index < -0.39 is 0 Å². The molecule has 0 aromatic carbocycles. The van der Waals surface area contributed by atoms with Crippen LogP contribution in [0, 0.1) is 22.0 Å². The van der Waals surface area contributed by atoms with Crippen molar-refractivity contribution in [1.82, 2.24) is 0 Å². The molecule has 0 aromatic rings. The number of hydrogen-bond donors (Lipinski definition) is 0. The maximum Gasteiger partial charge on any atom is 0.306 e. The Kier molecular flexibility index (Phi) is 7.50. The van der Waals surface area contributed by atoms with E-state index in [-0.39, 0.29) is 23.4 Å². The summed E-state index contributed by atoms with van der Waals surface area (Å²) in [6.07, 6.45) is 1.57. The summed E-state index contributed by atoms with van der Waals surface area (Å²) >= 11 is 0. The Balaban J connectivity index is 4.08. The van der Waals surface area contributed by atoms with E-state index in [1.807, 2.05) is 13.8 Å². The zero-order valence-electron chi connectivity index (χ0n) is 10.3. The largest absolute Gasteiger partial charge is 0.466 e. The van der Waals surface area contributed by atoms with Gasteiger partial charge in [0.1, 0.15) is 0 Å². The normalized spacial score (nSPS) is 12.5. The van der Waals surface area contributed by atoms with E-state index >= 15 is 0 Å². The predicted octanol–water partition coefficient (Wildman–Crippen LogP) is 2.27. The van der Waals surface area contributed by atoms with Gasteiger partial charge in [0.15, 0.2) is 0 Å². The highest BCUT2D eigenvalue weighted by Crippen LogP contribution is 2.19. The fourth-order valence-electron chi connectivity index (χ4n) is 1.71. The molecule has 16 heavy (non-hydrogen) atoms. The van der Waals surface area contributed by atoms with Crippen LogP contribution in [0.15, 0.2) is 0 Å². The Hall–Kier alpha value is -1.13. The van der Waals surface area contributed by atoms with Gasteiger partial charge in [-0.15, -0.1) is 0 Å². The fraction of sp³-hybridized carbons (Fsp3) is 0.909. The highest BCUT2D eigenvalue weighted by Gasteiger charge is 2.18. The average molecular weight is 231 g/mol. The molecule has 0 saturated carbocycles. The molecule has 1 atom stereocenters. The van der Waals surface area contributed by atoms with Gasteiger partial charge in [-0.3, -0.25) is 14.9 Å². The van der Waals surface area contributed by atoms with Crippen LogP contribution in [0.5, 0.6) is 0 Å². The molecular weight excluding hydrogens is 210 g/mol. The number of nitrogens with zero attached hydrogens (tertiary/aromatic N) is 1. The van der Waals surface area contributed by atoms with E-state index in [1.54, 1.807) is 6.92 Å². The molecule has 94 valence electrons. The molecule has 0 aliphatic heterocycles. The first-order valence-electron chi connectivity index (χ1n) is 5.73. The summed E-state index contributed by atoms with van der Waals surface area (Å²) in [6, 6.07) is 0. The monoisotopic (exact) mass is 231 g/mol. The third-order valence-corrected chi connectivity index (χ3v) is 2.29. The van der Waals surface area contributed by atoms with Crippen LogP contribution in [0.2, 0.25) is 0 Å². The lowest BCUT2D eigenvalue weighted by Crippen LogP contribution is -2.16. The summed E-state index contributed by atoms with van der Waals surface area (Å²) in [6.45, 7) is 6.14. The zero-order valence-corrected chi connectivity index (χ0v) is 10.3. The van der Waals surface area contributed by atoms with Crippen molar-refractivity contribution in [2.24, 2.45) is 11.8 Å². The number of hydrogen-bond acceptors (Lipinski definition) is 4. The van der Waals surface area contributed by atoms with Crippen molar-refractivity contribution in [3.8, 4) is 0 Å². The van der Waals surface area contributed by atoms with E-state index in [4.69, 9.17) is 4.74 Å². The minimum Gasteiger partial charge on any atom is -0.466 e. The molecule has 0 fully saturated rings. The summed E-state index contributed by atoms with van der Waals surface area (Å²) in [7, 11) is 0. The van der Waals surface area contributed by atoms with Gasteiger partial charge < -0.3 is 4.74 Å². The first-order chi connectivity index (χ1) is 7.45. The third kappa shape index (κ3) is 8.20. The Bertz CT molecular complexity index is 228. The van der Waals surface area contributed by atoms with Gasteiger partial charge in [-0.05, 0) is 25.2 Å². The Labute approximate surface area is 96.3 Å². The molecule has 0 rings (SSSR count). The van der Waals surface area contributed by atoms with Gasteiger partial charge in [-0.1, -0.05) is 13.8 Å². The molecule has 0 N–H and O–H groups in total. The van der Waals surface area contributed by atoms with Crippen molar-refractivity contribution < 1.29 is 14.5 Å². The van der Waals surface area contributed by atoms with Gasteiger partial charge in [0.2, 0.25) is 6.54 Å². The van der Waals surface area contributed by atoms with Gasteiger partial charge in [0.25, 0.3) is 0 Å². The summed E-state index contributed by atoms with van der Waals surface area (Å²) in [5.41, 5.74) is 0. The first kappa shape index (κ1) is 14.9. The summed E-state index contributed by atoms with van der Waals surface area (Å²) in [4.78, 5) is 21.2. The van der Waals surface area contributed by atoms with E-state index in [2.05, 4.69) is 0 Å². The Morgan fingerprint density at radius 1 is 1.44 bits per heavy atom. The SMILES string of the molecule is CCOC(=O)CC(CC[N+](=O)[O-])CC(C)C. The van der Waals surface area contributed by atoms with Crippen LogP contribution in [0.3, 0.4) is 0 Å². The highest BCUT2D eigenvalue weighted by atomic mass is 16.6. The van der Waals surface area contributed by atoms with Gasteiger partial charge in [0, 0.05) is 17.8 Å². The van der Waals surface area contributed by atoms with E-state index in [0.29, 0.717) is 25.4 Å². The number of rotatable bonds is 8. The predicted molar refractivity (Wildman–Crippen MR) is 60.7 cm³/mol. The lowest BCUT2D eigenvalue weighted by molar-refractivity contribution is -0.481. The quantitative estimate of drug-likeness (QED) is 0.365. The molecule has 0 amide bonds. The van der Waals surface area contributed by atoms with Gasteiger partial charge >= 0.3 is 5.97 Å². The second-order valence-corrected chi connectivity index (χ2v) is 4.35. The smallest absolute Gasteiger partial charge is 0.306 e. The molecule has 0 aliphatic rings. The second-order valence-electron chi connectivity index (χ2n) is 4.35. The number of ether oxygens (including phenoxy) is 1. The van der Waals surface area contributed by atoms with Crippen LogP contribution >= 0.6 is 0 Å². The molecule has 0 radical (unpaired) electrons. The molecule has 5 heteroatoms. The van der Waals surface area contributed by atoms with Crippen molar-refractivity contribution in [2.75, 3.05) is 13.2 Å². The molecule has 0 bridgehead atoms. The number of esters is 1. The zero-order chi connectivity index (χ0) is 12.6. The molecular formula is C11H21NO4. The fourth-order valence-corrected chi connectivity index (χ4v) is 1.71. The van der Waals surface area contributed by atoms with Gasteiger partial charge in [0.05, 0.1) is 6.61 Å². The van der Waals surface area contributed by atoms with Crippen molar-refractivity contribution in [2.45, 2.75) is 40.0 Å². The highest BCUT2D eigenvalue weighted by molar-refractivity contribution is 5.69. The van der Waals surface area contributed by atoms with Crippen molar-refractivity contribution in [3.05, 3.63) is 10.1 Å². The maximum absolute atomic E-state index is 11.3. The number of nitro groups is 1. The Morgan fingerprint density at radius 2 is 2.06 bits per heavy atom. The molecule has 0 spiro atoms.